The number of carbonyl (C=O) groups excluding carboxylic acids is 2. The molecule has 0 bridgehead atoms. The number of likely N-dealkylation sites (N-methyl/N-ethyl adjacent to an activating group) is 1. The Morgan fingerprint density at radius 1 is 0.929 bits per heavy atom. The molecule has 2 amide bonds. The van der Waals surface area contributed by atoms with Gasteiger partial charge in [0.2, 0.25) is 11.8 Å². The quantitative estimate of drug-likeness (QED) is 0.726. The van der Waals surface area contributed by atoms with Crippen molar-refractivity contribution < 1.29 is 9.59 Å². The van der Waals surface area contributed by atoms with Crippen molar-refractivity contribution in [1.29, 1.82) is 0 Å². The zero-order valence-corrected chi connectivity index (χ0v) is 17.4. The number of amides is 2. The maximum Gasteiger partial charge on any atom is 0.227 e. The lowest BCUT2D eigenvalue weighted by atomic mass is 10.1. The van der Waals surface area contributed by atoms with E-state index in [9.17, 15) is 9.59 Å². The number of nitrogens with one attached hydrogen (secondary N) is 1. The summed E-state index contributed by atoms with van der Waals surface area (Å²) in [5, 5.41) is 2.92. The first kappa shape index (κ1) is 21.6. The number of hydrogen-bond acceptors (Lipinski definition) is 3. The summed E-state index contributed by atoms with van der Waals surface area (Å²) in [4.78, 5) is 28.3. The van der Waals surface area contributed by atoms with Crippen LogP contribution in [0.4, 0.5) is 5.69 Å². The molecule has 2 aromatic rings. The van der Waals surface area contributed by atoms with E-state index in [0.29, 0.717) is 25.9 Å². The van der Waals surface area contributed by atoms with Gasteiger partial charge in [-0.15, -0.1) is 0 Å². The van der Waals surface area contributed by atoms with Crippen molar-refractivity contribution in [3.05, 3.63) is 65.2 Å². The Balaban J connectivity index is 2.03. The highest BCUT2D eigenvalue weighted by Crippen LogP contribution is 2.20. The van der Waals surface area contributed by atoms with Gasteiger partial charge < -0.3 is 15.1 Å². The maximum absolute atomic E-state index is 12.5. The number of benzene rings is 2. The third kappa shape index (κ3) is 6.82. The second-order valence-corrected chi connectivity index (χ2v) is 7.32. The summed E-state index contributed by atoms with van der Waals surface area (Å²) < 4.78 is 0. The number of aryl methyl sites for hydroxylation is 1. The van der Waals surface area contributed by atoms with Crippen LogP contribution in [0.15, 0.2) is 48.5 Å². The van der Waals surface area contributed by atoms with Gasteiger partial charge in [-0.2, -0.15) is 0 Å². The first-order chi connectivity index (χ1) is 13.4. The molecule has 0 radical (unpaired) electrons. The number of carbonyl (C=O) groups is 2. The summed E-state index contributed by atoms with van der Waals surface area (Å²) in [6.07, 6.45) is 0.787. The summed E-state index contributed by atoms with van der Waals surface area (Å²) in [6, 6.07) is 15.9. The molecule has 5 nitrogen and oxygen atoms in total. The molecule has 0 aliphatic heterocycles. The van der Waals surface area contributed by atoms with E-state index in [0.717, 1.165) is 23.4 Å². The van der Waals surface area contributed by atoms with Crippen LogP contribution in [-0.4, -0.2) is 43.9 Å². The van der Waals surface area contributed by atoms with Gasteiger partial charge in [0.15, 0.2) is 0 Å². The molecule has 0 heterocycles. The van der Waals surface area contributed by atoms with E-state index in [1.54, 1.807) is 4.90 Å². The smallest absolute Gasteiger partial charge is 0.227 e. The minimum absolute atomic E-state index is 0.00995. The van der Waals surface area contributed by atoms with Gasteiger partial charge in [0.05, 0.1) is 13.0 Å². The summed E-state index contributed by atoms with van der Waals surface area (Å²) in [5.41, 5.74) is 4.08. The summed E-state index contributed by atoms with van der Waals surface area (Å²) >= 11 is 0. The normalized spacial score (nSPS) is 10.8. The molecule has 5 heteroatoms. The zero-order valence-electron chi connectivity index (χ0n) is 17.4. The van der Waals surface area contributed by atoms with Crippen LogP contribution in [0, 0.1) is 6.92 Å². The Morgan fingerprint density at radius 2 is 1.54 bits per heavy atom. The highest BCUT2D eigenvalue weighted by atomic mass is 16.2. The number of hydrogen-bond donors (Lipinski definition) is 1. The molecule has 0 fully saturated rings. The van der Waals surface area contributed by atoms with Gasteiger partial charge in [-0.05, 0) is 44.3 Å². The molecular formula is C23H31N3O2. The molecule has 1 N–H and O–H groups in total. The predicted molar refractivity (Wildman–Crippen MR) is 114 cm³/mol. The minimum atomic E-state index is 0.00995. The predicted octanol–water partition coefficient (Wildman–Crippen LogP) is 3.16. The summed E-state index contributed by atoms with van der Waals surface area (Å²) in [5.74, 6) is 0.0884. The molecule has 0 unspecified atom stereocenters. The van der Waals surface area contributed by atoms with Crippen molar-refractivity contribution >= 4 is 17.5 Å². The summed E-state index contributed by atoms with van der Waals surface area (Å²) in [6.45, 7) is 5.92. The number of anilines is 1. The third-order valence-electron chi connectivity index (χ3n) is 4.56. The van der Waals surface area contributed by atoms with Crippen LogP contribution in [0.1, 0.15) is 30.0 Å². The van der Waals surface area contributed by atoms with Gasteiger partial charge in [0.1, 0.15) is 0 Å². The van der Waals surface area contributed by atoms with Gasteiger partial charge >= 0.3 is 0 Å². The van der Waals surface area contributed by atoms with Crippen LogP contribution in [-0.2, 0) is 22.6 Å². The van der Waals surface area contributed by atoms with Crippen molar-refractivity contribution in [1.82, 2.24) is 10.2 Å². The van der Waals surface area contributed by atoms with E-state index in [4.69, 9.17) is 0 Å². The second kappa shape index (κ2) is 10.6. The Morgan fingerprint density at radius 3 is 2.11 bits per heavy atom. The Kier molecular flexibility index (Phi) is 8.20. The average molecular weight is 382 g/mol. The monoisotopic (exact) mass is 381 g/mol. The van der Waals surface area contributed by atoms with Gasteiger partial charge in [-0.1, -0.05) is 48.9 Å². The minimum Gasteiger partial charge on any atom is -0.355 e. The second-order valence-electron chi connectivity index (χ2n) is 7.32. The van der Waals surface area contributed by atoms with Crippen LogP contribution >= 0.6 is 0 Å². The molecule has 28 heavy (non-hydrogen) atoms. The van der Waals surface area contributed by atoms with Crippen molar-refractivity contribution in [2.75, 3.05) is 32.1 Å². The van der Waals surface area contributed by atoms with Gasteiger partial charge in [0, 0.05) is 25.2 Å². The highest BCUT2D eigenvalue weighted by Gasteiger charge is 2.15. The molecule has 0 spiro atoms. The Hall–Kier alpha value is -2.66. The molecule has 0 atom stereocenters. The molecular weight excluding hydrogens is 350 g/mol. The van der Waals surface area contributed by atoms with Gasteiger partial charge in [-0.25, -0.2) is 0 Å². The lowest BCUT2D eigenvalue weighted by Crippen LogP contribution is -2.32. The lowest BCUT2D eigenvalue weighted by Gasteiger charge is -2.23. The van der Waals surface area contributed by atoms with Crippen LogP contribution in [0.5, 0.6) is 0 Å². The van der Waals surface area contributed by atoms with Crippen molar-refractivity contribution in [2.24, 2.45) is 0 Å². The van der Waals surface area contributed by atoms with E-state index in [-0.39, 0.29) is 11.8 Å². The van der Waals surface area contributed by atoms with Gasteiger partial charge in [-0.3, -0.25) is 9.59 Å². The summed E-state index contributed by atoms with van der Waals surface area (Å²) in [7, 11) is 3.95. The van der Waals surface area contributed by atoms with E-state index >= 15 is 0 Å². The largest absolute Gasteiger partial charge is 0.355 e. The Labute approximate surface area is 168 Å². The molecule has 0 aromatic heterocycles. The molecule has 150 valence electrons. The molecule has 0 saturated carbocycles. The highest BCUT2D eigenvalue weighted by molar-refractivity contribution is 5.93. The maximum atomic E-state index is 12.5. The van der Waals surface area contributed by atoms with Crippen LogP contribution in [0.2, 0.25) is 0 Å². The van der Waals surface area contributed by atoms with Crippen molar-refractivity contribution in [3.63, 3.8) is 0 Å². The van der Waals surface area contributed by atoms with Crippen LogP contribution < -0.4 is 10.2 Å². The fourth-order valence-electron chi connectivity index (χ4n) is 2.85. The topological polar surface area (TPSA) is 52.7 Å². The standard InChI is InChI=1S/C23H31N3O2/c1-5-23(28)26(17-20-8-6-18(2)7-9-20)21-12-10-19(11-13-21)16-22(27)24-14-15-25(3)4/h6-13H,5,14-17H2,1-4H3,(H,24,27). The van der Waals surface area contributed by atoms with E-state index < -0.39 is 0 Å². The first-order valence-electron chi connectivity index (χ1n) is 9.75. The fraction of sp³-hybridized carbons (Fsp3) is 0.391. The molecule has 2 rings (SSSR count). The third-order valence-corrected chi connectivity index (χ3v) is 4.56. The van der Waals surface area contributed by atoms with Crippen molar-refractivity contribution in [3.8, 4) is 0 Å². The Bertz CT molecular complexity index is 767. The lowest BCUT2D eigenvalue weighted by molar-refractivity contribution is -0.120. The van der Waals surface area contributed by atoms with E-state index in [1.807, 2.05) is 57.1 Å². The first-order valence-corrected chi connectivity index (χ1v) is 9.75. The fourth-order valence-corrected chi connectivity index (χ4v) is 2.85. The van der Waals surface area contributed by atoms with Gasteiger partial charge in [0.25, 0.3) is 0 Å². The van der Waals surface area contributed by atoms with Crippen molar-refractivity contribution in [2.45, 2.75) is 33.2 Å². The van der Waals surface area contributed by atoms with Crippen LogP contribution in [0.25, 0.3) is 0 Å². The molecule has 0 saturated heterocycles. The number of nitrogens with zero attached hydrogens (tertiary/aromatic N) is 2. The number of rotatable bonds is 9. The van der Waals surface area contributed by atoms with E-state index in [2.05, 4.69) is 29.6 Å². The molecule has 2 aromatic carbocycles. The molecule has 0 aliphatic rings. The molecule has 0 aliphatic carbocycles. The zero-order chi connectivity index (χ0) is 20.5. The average Bonchev–Trinajstić information content (AvgIpc) is 2.67. The SMILES string of the molecule is CCC(=O)N(Cc1ccc(C)cc1)c1ccc(CC(=O)NCCN(C)C)cc1. The van der Waals surface area contributed by atoms with E-state index in [1.165, 1.54) is 5.56 Å². The van der Waals surface area contributed by atoms with Crippen LogP contribution in [0.3, 0.4) is 0 Å².